The molecule has 0 fully saturated rings. The molecule has 4 nitrogen and oxygen atoms in total. The second-order valence-electron chi connectivity index (χ2n) is 6.84. The molecule has 2 heterocycles. The Labute approximate surface area is 166 Å². The van der Waals surface area contributed by atoms with Crippen molar-refractivity contribution >= 4 is 28.8 Å². The second-order valence-corrected chi connectivity index (χ2v) is 7.82. The molecule has 1 aliphatic heterocycles. The number of rotatable bonds is 5. The van der Waals surface area contributed by atoms with Crippen LogP contribution in [0.25, 0.3) is 0 Å². The van der Waals surface area contributed by atoms with E-state index in [9.17, 15) is 14.0 Å². The van der Waals surface area contributed by atoms with Gasteiger partial charge in [-0.15, -0.1) is 11.3 Å². The topological polar surface area (TPSA) is 49.4 Å². The summed E-state index contributed by atoms with van der Waals surface area (Å²) < 4.78 is 13.8. The molecule has 3 aromatic rings. The first-order valence-corrected chi connectivity index (χ1v) is 9.89. The van der Waals surface area contributed by atoms with Gasteiger partial charge in [0.25, 0.3) is 5.91 Å². The lowest BCUT2D eigenvalue weighted by atomic mass is 10.1. The average Bonchev–Trinajstić information content (AvgIpc) is 3.32. The predicted molar refractivity (Wildman–Crippen MR) is 108 cm³/mol. The van der Waals surface area contributed by atoms with Gasteiger partial charge in [0.15, 0.2) is 0 Å². The summed E-state index contributed by atoms with van der Waals surface area (Å²) in [6, 6.07) is 15.6. The van der Waals surface area contributed by atoms with Gasteiger partial charge in [0.2, 0.25) is 5.91 Å². The van der Waals surface area contributed by atoms with Crippen LogP contribution in [0.1, 0.15) is 38.8 Å². The van der Waals surface area contributed by atoms with Gasteiger partial charge >= 0.3 is 0 Å². The van der Waals surface area contributed by atoms with Gasteiger partial charge < -0.3 is 10.2 Å². The Hall–Kier alpha value is -2.99. The van der Waals surface area contributed by atoms with Crippen LogP contribution in [0.3, 0.4) is 0 Å². The predicted octanol–water partition coefficient (Wildman–Crippen LogP) is 4.92. The number of carbonyl (C=O) groups is 2. The molecule has 142 valence electrons. The van der Waals surface area contributed by atoms with Crippen molar-refractivity contribution in [1.29, 1.82) is 0 Å². The number of amides is 2. The highest BCUT2D eigenvalue weighted by Crippen LogP contribution is 2.35. The van der Waals surface area contributed by atoms with Gasteiger partial charge in [-0.3, -0.25) is 9.59 Å². The number of halogens is 1. The molecule has 2 aromatic carbocycles. The lowest BCUT2D eigenvalue weighted by Crippen LogP contribution is -2.31. The van der Waals surface area contributed by atoms with E-state index in [4.69, 9.17) is 0 Å². The van der Waals surface area contributed by atoms with E-state index in [1.807, 2.05) is 41.8 Å². The van der Waals surface area contributed by atoms with Crippen molar-refractivity contribution in [3.8, 4) is 0 Å². The zero-order valence-electron chi connectivity index (χ0n) is 15.3. The molecule has 1 aliphatic rings. The highest BCUT2D eigenvalue weighted by atomic mass is 32.1. The molecule has 6 heteroatoms. The minimum Gasteiger partial charge on any atom is -0.326 e. The van der Waals surface area contributed by atoms with E-state index in [-0.39, 0.29) is 30.1 Å². The maximum Gasteiger partial charge on any atom is 0.255 e. The van der Waals surface area contributed by atoms with Crippen LogP contribution < -0.4 is 5.32 Å². The van der Waals surface area contributed by atoms with Gasteiger partial charge in [-0.1, -0.05) is 30.3 Å². The molecule has 0 saturated carbocycles. The molecule has 0 aliphatic carbocycles. The summed E-state index contributed by atoms with van der Waals surface area (Å²) in [6.45, 7) is 2.15. The van der Waals surface area contributed by atoms with Crippen molar-refractivity contribution in [3.63, 3.8) is 0 Å². The fourth-order valence-corrected chi connectivity index (χ4v) is 4.27. The highest BCUT2D eigenvalue weighted by molar-refractivity contribution is 7.10. The molecule has 1 atom stereocenters. The van der Waals surface area contributed by atoms with E-state index >= 15 is 0 Å². The zero-order valence-corrected chi connectivity index (χ0v) is 16.1. The number of nitrogens with zero attached hydrogens (tertiary/aromatic N) is 1. The van der Waals surface area contributed by atoms with Crippen molar-refractivity contribution in [2.24, 2.45) is 0 Å². The van der Waals surface area contributed by atoms with Gasteiger partial charge in [-0.25, -0.2) is 4.39 Å². The summed E-state index contributed by atoms with van der Waals surface area (Å²) in [6.07, 6.45) is 0.107. The normalized spacial score (nSPS) is 14.1. The highest BCUT2D eigenvalue weighted by Gasteiger charge is 2.34. The second kappa shape index (κ2) is 7.56. The van der Waals surface area contributed by atoms with Crippen molar-refractivity contribution < 1.29 is 14.0 Å². The Morgan fingerprint density at radius 2 is 2.04 bits per heavy atom. The summed E-state index contributed by atoms with van der Waals surface area (Å²) in [5, 5.41) is 4.68. The maximum absolute atomic E-state index is 13.8. The lowest BCUT2D eigenvalue weighted by Gasteiger charge is -2.26. The summed E-state index contributed by atoms with van der Waals surface area (Å²) in [5.41, 5.74) is 2.59. The number of hydrogen-bond donors (Lipinski definition) is 1. The fraction of sp³-hybridized carbons (Fsp3) is 0.182. The SMILES string of the molecule is Cc1ccc(NC(=O)CC(c2cccs2)N2Cc3ccccc3C2=O)cc1F. The number of aryl methyl sites for hydroxylation is 1. The molecule has 0 radical (unpaired) electrons. The van der Waals surface area contributed by atoms with Crippen molar-refractivity contribution in [3.05, 3.63) is 87.4 Å². The Bertz CT molecular complexity index is 1030. The van der Waals surface area contributed by atoms with Crippen molar-refractivity contribution in [1.82, 2.24) is 4.90 Å². The van der Waals surface area contributed by atoms with E-state index in [1.54, 1.807) is 24.0 Å². The van der Waals surface area contributed by atoms with Crippen LogP contribution in [-0.4, -0.2) is 16.7 Å². The molecular weight excluding hydrogens is 375 g/mol. The number of thiophene rings is 1. The third kappa shape index (κ3) is 3.55. The first kappa shape index (κ1) is 18.4. The number of benzene rings is 2. The summed E-state index contributed by atoms with van der Waals surface area (Å²) in [7, 11) is 0. The van der Waals surface area contributed by atoms with Crippen LogP contribution in [0.5, 0.6) is 0 Å². The van der Waals surface area contributed by atoms with Crippen LogP contribution in [-0.2, 0) is 11.3 Å². The van der Waals surface area contributed by atoms with Crippen LogP contribution in [0, 0.1) is 12.7 Å². The van der Waals surface area contributed by atoms with Crippen molar-refractivity contribution in [2.75, 3.05) is 5.32 Å². The maximum atomic E-state index is 13.8. The zero-order chi connectivity index (χ0) is 19.7. The molecule has 0 bridgehead atoms. The summed E-state index contributed by atoms with van der Waals surface area (Å²) in [4.78, 5) is 28.3. The molecule has 2 amide bonds. The first-order chi connectivity index (χ1) is 13.5. The number of hydrogen-bond acceptors (Lipinski definition) is 3. The van der Waals surface area contributed by atoms with E-state index in [0.717, 1.165) is 10.4 Å². The Balaban J connectivity index is 1.55. The van der Waals surface area contributed by atoms with Gasteiger partial charge in [0, 0.05) is 22.7 Å². The smallest absolute Gasteiger partial charge is 0.255 e. The van der Waals surface area contributed by atoms with Crippen LogP contribution in [0.2, 0.25) is 0 Å². The minimum absolute atomic E-state index is 0.0665. The Morgan fingerprint density at radius 1 is 1.21 bits per heavy atom. The van der Waals surface area contributed by atoms with Crippen LogP contribution in [0.4, 0.5) is 10.1 Å². The molecule has 0 saturated heterocycles. The summed E-state index contributed by atoms with van der Waals surface area (Å²) in [5.74, 6) is -0.689. The largest absolute Gasteiger partial charge is 0.326 e. The molecule has 1 aromatic heterocycles. The molecule has 4 rings (SSSR count). The third-order valence-electron chi connectivity index (χ3n) is 4.93. The van der Waals surface area contributed by atoms with E-state index in [1.165, 1.54) is 17.4 Å². The van der Waals surface area contributed by atoms with Crippen molar-refractivity contribution in [2.45, 2.75) is 25.9 Å². The molecular formula is C22H19FN2O2S. The minimum atomic E-state index is -0.366. The molecule has 0 spiro atoms. The van der Waals surface area contributed by atoms with Gasteiger partial charge in [0.1, 0.15) is 5.82 Å². The van der Waals surface area contributed by atoms with E-state index in [2.05, 4.69) is 5.32 Å². The number of carbonyl (C=O) groups excluding carboxylic acids is 2. The van der Waals surface area contributed by atoms with Gasteiger partial charge in [-0.05, 0) is 47.7 Å². The quantitative estimate of drug-likeness (QED) is 0.668. The van der Waals surface area contributed by atoms with Crippen LogP contribution in [0.15, 0.2) is 60.0 Å². The van der Waals surface area contributed by atoms with Gasteiger partial charge in [0.05, 0.1) is 12.5 Å². The molecule has 1 N–H and O–H groups in total. The van der Waals surface area contributed by atoms with Crippen LogP contribution >= 0.6 is 11.3 Å². The Kier molecular flexibility index (Phi) is 4.96. The monoisotopic (exact) mass is 394 g/mol. The number of anilines is 1. The van der Waals surface area contributed by atoms with E-state index < -0.39 is 0 Å². The first-order valence-electron chi connectivity index (χ1n) is 9.01. The molecule has 1 unspecified atom stereocenters. The number of fused-ring (bicyclic) bond motifs is 1. The molecule has 28 heavy (non-hydrogen) atoms. The Morgan fingerprint density at radius 3 is 2.75 bits per heavy atom. The van der Waals surface area contributed by atoms with E-state index in [0.29, 0.717) is 23.4 Å². The average molecular weight is 394 g/mol. The van der Waals surface area contributed by atoms with Gasteiger partial charge in [-0.2, -0.15) is 0 Å². The third-order valence-corrected chi connectivity index (χ3v) is 5.91. The summed E-state index contributed by atoms with van der Waals surface area (Å²) >= 11 is 1.52. The fourth-order valence-electron chi connectivity index (χ4n) is 3.43. The standard InChI is InChI=1S/C22H19FN2O2S/c1-14-8-9-16(11-18(14)23)24-21(26)12-19(20-7-4-10-28-20)25-13-15-5-2-3-6-17(15)22(25)27/h2-11,19H,12-13H2,1H3,(H,24,26). The lowest BCUT2D eigenvalue weighted by molar-refractivity contribution is -0.117. The number of nitrogens with one attached hydrogen (secondary N) is 1.